The highest BCUT2D eigenvalue weighted by Gasteiger charge is 2.19. The number of hydrogen-bond acceptors (Lipinski definition) is 8. The van der Waals surface area contributed by atoms with Gasteiger partial charge >= 0.3 is 8.25 Å². The van der Waals surface area contributed by atoms with E-state index in [2.05, 4.69) is 19.5 Å². The molecular weight excluding hydrogens is 329 g/mol. The molecule has 2 atom stereocenters. The van der Waals surface area contributed by atoms with E-state index in [0.717, 1.165) is 0 Å². The van der Waals surface area contributed by atoms with E-state index in [0.29, 0.717) is 12.2 Å². The summed E-state index contributed by atoms with van der Waals surface area (Å²) in [4.78, 5) is 30.7. The number of aromatic amines is 1. The predicted molar refractivity (Wildman–Crippen MR) is 80.0 cm³/mol. The number of H-pyrrole nitrogens is 1. The van der Waals surface area contributed by atoms with Gasteiger partial charge in [-0.05, 0) is 0 Å². The lowest BCUT2D eigenvalue weighted by molar-refractivity contribution is -0.0282. The molecule has 0 aliphatic heterocycles. The molecule has 0 aliphatic carbocycles. The molecular formula is C11H17N5O6P+. The van der Waals surface area contributed by atoms with Crippen molar-refractivity contribution in [2.24, 2.45) is 0 Å². The van der Waals surface area contributed by atoms with Crippen LogP contribution in [0.2, 0.25) is 0 Å². The number of anilines is 1. The Bertz CT molecular complexity index is 731. The number of nitrogens with one attached hydrogen (secondary N) is 1. The zero-order valence-corrected chi connectivity index (χ0v) is 13.2. The summed E-state index contributed by atoms with van der Waals surface area (Å²) < 4.78 is 27.3. The second-order valence-corrected chi connectivity index (χ2v) is 5.28. The van der Waals surface area contributed by atoms with Crippen molar-refractivity contribution in [2.45, 2.75) is 12.6 Å². The van der Waals surface area contributed by atoms with Gasteiger partial charge in [0.05, 0.1) is 19.5 Å². The van der Waals surface area contributed by atoms with Crippen molar-refractivity contribution in [1.29, 1.82) is 0 Å². The maximum atomic E-state index is 11.7. The first kappa shape index (κ1) is 17.4. The van der Waals surface area contributed by atoms with Crippen molar-refractivity contribution >= 4 is 25.4 Å². The van der Waals surface area contributed by atoms with Crippen LogP contribution in [0.25, 0.3) is 11.2 Å². The standard InChI is InChI=1S/C11H16N5O6P/c1-20-4-7(5-22-23(18)19)21-3-2-16-6-13-8-9(16)14-11(12)15-10(8)17/h6-7H,2-5H2,1H3,(H3-,12,14,15,17,18,19)/p+1. The average molecular weight is 346 g/mol. The molecule has 4 N–H and O–H groups in total. The average Bonchev–Trinajstić information content (AvgIpc) is 2.88. The fourth-order valence-corrected chi connectivity index (χ4v) is 2.22. The molecule has 0 aromatic carbocycles. The van der Waals surface area contributed by atoms with Gasteiger partial charge in [0, 0.05) is 18.2 Å². The first-order valence-corrected chi connectivity index (χ1v) is 7.74. The van der Waals surface area contributed by atoms with E-state index in [9.17, 15) is 9.36 Å². The van der Waals surface area contributed by atoms with Crippen molar-refractivity contribution in [3.8, 4) is 0 Å². The topological polar surface area (TPSA) is 155 Å². The summed E-state index contributed by atoms with van der Waals surface area (Å²) in [5.41, 5.74) is 5.64. The Morgan fingerprint density at radius 1 is 1.52 bits per heavy atom. The molecule has 0 fully saturated rings. The Labute approximate surface area is 131 Å². The third-order valence-electron chi connectivity index (χ3n) is 2.90. The van der Waals surface area contributed by atoms with Gasteiger partial charge in [-0.2, -0.15) is 4.98 Å². The third kappa shape index (κ3) is 4.78. The van der Waals surface area contributed by atoms with E-state index in [1.807, 2.05) is 0 Å². The van der Waals surface area contributed by atoms with Crippen molar-refractivity contribution in [1.82, 2.24) is 19.5 Å². The Hall–Kier alpha value is -1.91. The molecule has 0 spiro atoms. The number of hydrogen-bond donors (Lipinski definition) is 3. The maximum absolute atomic E-state index is 11.7. The molecule has 23 heavy (non-hydrogen) atoms. The summed E-state index contributed by atoms with van der Waals surface area (Å²) in [6.45, 7) is 0.727. The van der Waals surface area contributed by atoms with Crippen LogP contribution in [-0.4, -0.2) is 57.4 Å². The molecule has 11 nitrogen and oxygen atoms in total. The number of imidazole rings is 1. The molecule has 0 saturated heterocycles. The van der Waals surface area contributed by atoms with Crippen LogP contribution in [0, 0.1) is 0 Å². The van der Waals surface area contributed by atoms with E-state index < -0.39 is 19.9 Å². The summed E-state index contributed by atoms with van der Waals surface area (Å²) in [6, 6.07) is 0. The minimum Gasteiger partial charge on any atom is -0.382 e. The number of fused-ring (bicyclic) bond motifs is 1. The van der Waals surface area contributed by atoms with Gasteiger partial charge in [0.1, 0.15) is 12.7 Å². The number of nitrogen functional groups attached to an aromatic ring is 1. The van der Waals surface area contributed by atoms with Crippen LogP contribution in [-0.2, 0) is 25.1 Å². The van der Waals surface area contributed by atoms with Crippen molar-refractivity contribution in [3.05, 3.63) is 16.7 Å². The lowest BCUT2D eigenvalue weighted by Crippen LogP contribution is -2.25. The van der Waals surface area contributed by atoms with Gasteiger partial charge in [-0.1, -0.05) is 0 Å². The molecule has 2 rings (SSSR count). The van der Waals surface area contributed by atoms with Crippen molar-refractivity contribution in [2.75, 3.05) is 32.7 Å². The second kappa shape index (κ2) is 8.09. The van der Waals surface area contributed by atoms with Crippen molar-refractivity contribution < 1.29 is 23.5 Å². The zero-order valence-electron chi connectivity index (χ0n) is 12.3. The third-order valence-corrected chi connectivity index (χ3v) is 3.27. The molecule has 2 heterocycles. The van der Waals surface area contributed by atoms with Gasteiger partial charge in [-0.15, -0.1) is 9.42 Å². The number of rotatable bonds is 9. The van der Waals surface area contributed by atoms with Crippen LogP contribution < -0.4 is 11.3 Å². The Morgan fingerprint density at radius 2 is 2.30 bits per heavy atom. The first-order valence-electron chi connectivity index (χ1n) is 6.61. The zero-order chi connectivity index (χ0) is 16.8. The van der Waals surface area contributed by atoms with E-state index in [4.69, 9.17) is 20.1 Å². The molecule has 0 radical (unpaired) electrons. The first-order chi connectivity index (χ1) is 11.0. The number of nitrogens with two attached hydrogens (primary N) is 1. The molecule has 2 aromatic heterocycles. The van der Waals surface area contributed by atoms with Crippen LogP contribution in [0.15, 0.2) is 11.1 Å². The summed E-state index contributed by atoms with van der Waals surface area (Å²) in [5.74, 6) is 0.00238. The van der Waals surface area contributed by atoms with Crippen LogP contribution in [0.3, 0.4) is 0 Å². The van der Waals surface area contributed by atoms with Crippen LogP contribution >= 0.6 is 8.25 Å². The monoisotopic (exact) mass is 346 g/mol. The highest BCUT2D eigenvalue weighted by molar-refractivity contribution is 7.32. The predicted octanol–water partition coefficient (Wildman–Crippen LogP) is -0.600. The van der Waals surface area contributed by atoms with E-state index in [1.54, 1.807) is 4.57 Å². The van der Waals surface area contributed by atoms with E-state index in [-0.39, 0.29) is 31.3 Å². The molecule has 0 saturated carbocycles. The number of nitrogens with zero attached hydrogens (tertiary/aromatic N) is 3. The minimum atomic E-state index is -2.69. The summed E-state index contributed by atoms with van der Waals surface area (Å²) in [5, 5.41) is 0. The van der Waals surface area contributed by atoms with Gasteiger partial charge in [-0.3, -0.25) is 9.78 Å². The lowest BCUT2D eigenvalue weighted by Gasteiger charge is -2.14. The molecule has 126 valence electrons. The van der Waals surface area contributed by atoms with Crippen LogP contribution in [0.5, 0.6) is 0 Å². The Kier molecular flexibility index (Phi) is 6.13. The fourth-order valence-electron chi connectivity index (χ4n) is 1.93. The van der Waals surface area contributed by atoms with Gasteiger partial charge in [0.15, 0.2) is 11.2 Å². The second-order valence-electron chi connectivity index (χ2n) is 4.54. The number of ether oxygens (including phenoxy) is 2. The Balaban J connectivity index is 1.97. The highest BCUT2D eigenvalue weighted by Crippen LogP contribution is 2.15. The van der Waals surface area contributed by atoms with Crippen molar-refractivity contribution in [3.63, 3.8) is 0 Å². The van der Waals surface area contributed by atoms with Gasteiger partial charge in [0.2, 0.25) is 5.95 Å². The molecule has 0 bridgehead atoms. The number of aromatic nitrogens is 4. The fraction of sp³-hybridized carbons (Fsp3) is 0.545. The Morgan fingerprint density at radius 3 is 3.00 bits per heavy atom. The smallest absolute Gasteiger partial charge is 0.382 e. The summed E-state index contributed by atoms with van der Waals surface area (Å²) in [7, 11) is -1.20. The molecule has 0 amide bonds. The lowest BCUT2D eigenvalue weighted by atomic mass is 10.4. The number of methoxy groups -OCH3 is 1. The molecule has 2 unspecified atom stereocenters. The minimum absolute atomic E-state index is 0.00238. The highest BCUT2D eigenvalue weighted by atomic mass is 31.1. The summed E-state index contributed by atoms with van der Waals surface area (Å²) in [6.07, 6.45) is 0.963. The van der Waals surface area contributed by atoms with E-state index >= 15 is 0 Å². The van der Waals surface area contributed by atoms with Gasteiger partial charge < -0.3 is 19.8 Å². The SMILES string of the molecule is COCC(CO[P+](=O)O)OCCn1cnc2c(=O)[nH]c(N)nc21. The summed E-state index contributed by atoms with van der Waals surface area (Å²) >= 11 is 0. The maximum Gasteiger partial charge on any atom is 0.694 e. The largest absolute Gasteiger partial charge is 0.694 e. The quantitative estimate of drug-likeness (QED) is 0.505. The normalized spacial score (nSPS) is 13.4. The molecule has 0 aliphatic rings. The van der Waals surface area contributed by atoms with Gasteiger partial charge in [-0.25, -0.2) is 4.98 Å². The van der Waals surface area contributed by atoms with Crippen LogP contribution in [0.1, 0.15) is 0 Å². The van der Waals surface area contributed by atoms with E-state index in [1.165, 1.54) is 13.4 Å². The molecule has 2 aromatic rings. The molecule has 12 heteroatoms. The van der Waals surface area contributed by atoms with Crippen LogP contribution in [0.4, 0.5) is 5.95 Å². The van der Waals surface area contributed by atoms with Gasteiger partial charge in [0.25, 0.3) is 5.56 Å².